The molecular formula is C18H22ClN3O2S. The lowest BCUT2D eigenvalue weighted by Crippen LogP contribution is -2.38. The van der Waals surface area contributed by atoms with Crippen LogP contribution in [0.3, 0.4) is 0 Å². The van der Waals surface area contributed by atoms with Crippen LogP contribution in [-0.2, 0) is 16.6 Å². The monoisotopic (exact) mass is 379 g/mol. The molecule has 1 aromatic carbocycles. The van der Waals surface area contributed by atoms with Crippen molar-refractivity contribution in [1.82, 2.24) is 14.6 Å². The molecule has 25 heavy (non-hydrogen) atoms. The number of nitrogens with zero attached hydrogens (tertiary/aromatic N) is 2. The Labute approximate surface area is 154 Å². The van der Waals surface area contributed by atoms with E-state index in [0.717, 1.165) is 32.5 Å². The number of likely N-dealkylation sites (tertiary alicyclic amines) is 1. The summed E-state index contributed by atoms with van der Waals surface area (Å²) >= 11 is 5.88. The molecule has 5 nitrogen and oxygen atoms in total. The third-order valence-electron chi connectivity index (χ3n) is 4.53. The van der Waals surface area contributed by atoms with Crippen LogP contribution < -0.4 is 4.72 Å². The number of benzene rings is 1. The molecule has 1 fully saturated rings. The zero-order chi connectivity index (χ0) is 17.7. The molecular weight excluding hydrogens is 358 g/mol. The van der Waals surface area contributed by atoms with Gasteiger partial charge in [0.05, 0.1) is 4.90 Å². The maximum absolute atomic E-state index is 12.3. The SMILES string of the molecule is O=S(=O)(NCC1CCN(Cc2ccncc2)CC1)c1cccc(Cl)c1. The molecule has 2 heterocycles. The summed E-state index contributed by atoms with van der Waals surface area (Å²) in [5, 5.41) is 0.423. The first-order valence-electron chi connectivity index (χ1n) is 8.39. The Morgan fingerprint density at radius 1 is 1.16 bits per heavy atom. The Kier molecular flexibility index (Phi) is 6.06. The van der Waals surface area contributed by atoms with Gasteiger partial charge in [-0.1, -0.05) is 17.7 Å². The van der Waals surface area contributed by atoms with E-state index in [1.807, 2.05) is 24.5 Å². The number of halogens is 1. The minimum atomic E-state index is -3.50. The molecule has 1 aromatic heterocycles. The van der Waals surface area contributed by atoms with Crippen molar-refractivity contribution < 1.29 is 8.42 Å². The number of rotatable bonds is 6. The maximum Gasteiger partial charge on any atom is 0.240 e. The van der Waals surface area contributed by atoms with Gasteiger partial charge < -0.3 is 0 Å². The molecule has 0 atom stereocenters. The van der Waals surface area contributed by atoms with Crippen molar-refractivity contribution in [1.29, 1.82) is 0 Å². The molecule has 0 unspecified atom stereocenters. The fourth-order valence-corrected chi connectivity index (χ4v) is 4.46. The summed E-state index contributed by atoms with van der Waals surface area (Å²) in [5.41, 5.74) is 1.26. The second-order valence-electron chi connectivity index (χ2n) is 6.38. The van der Waals surface area contributed by atoms with E-state index in [2.05, 4.69) is 14.6 Å². The molecule has 0 bridgehead atoms. The number of hydrogen-bond donors (Lipinski definition) is 1. The van der Waals surface area contributed by atoms with E-state index in [-0.39, 0.29) is 4.90 Å². The summed E-state index contributed by atoms with van der Waals surface area (Å²) in [6.45, 7) is 3.35. The van der Waals surface area contributed by atoms with Crippen LogP contribution in [0.1, 0.15) is 18.4 Å². The lowest BCUT2D eigenvalue weighted by Gasteiger charge is -2.32. The van der Waals surface area contributed by atoms with Crippen LogP contribution in [0.15, 0.2) is 53.7 Å². The summed E-state index contributed by atoms with van der Waals surface area (Å²) in [6.07, 6.45) is 5.60. The van der Waals surface area contributed by atoms with Crippen LogP contribution in [0.25, 0.3) is 0 Å². The van der Waals surface area contributed by atoms with Gasteiger partial charge in [-0.15, -0.1) is 0 Å². The fraction of sp³-hybridized carbons (Fsp3) is 0.389. The first kappa shape index (κ1) is 18.3. The van der Waals surface area contributed by atoms with E-state index in [1.54, 1.807) is 18.2 Å². The van der Waals surface area contributed by atoms with Gasteiger partial charge in [-0.05, 0) is 67.7 Å². The predicted molar refractivity (Wildman–Crippen MR) is 98.9 cm³/mol. The minimum absolute atomic E-state index is 0.218. The van der Waals surface area contributed by atoms with E-state index in [9.17, 15) is 8.42 Å². The number of piperidine rings is 1. The molecule has 2 aromatic rings. The highest BCUT2D eigenvalue weighted by atomic mass is 35.5. The van der Waals surface area contributed by atoms with Crippen LogP contribution in [0.4, 0.5) is 0 Å². The Morgan fingerprint density at radius 2 is 1.88 bits per heavy atom. The Bertz CT molecular complexity index is 791. The van der Waals surface area contributed by atoms with Gasteiger partial charge in [0.2, 0.25) is 10.0 Å². The van der Waals surface area contributed by atoms with Crippen LogP contribution in [0.2, 0.25) is 5.02 Å². The largest absolute Gasteiger partial charge is 0.299 e. The van der Waals surface area contributed by atoms with Gasteiger partial charge in [-0.25, -0.2) is 13.1 Å². The van der Waals surface area contributed by atoms with Gasteiger partial charge in [0, 0.05) is 30.5 Å². The third-order valence-corrected chi connectivity index (χ3v) is 6.19. The topological polar surface area (TPSA) is 62.3 Å². The summed E-state index contributed by atoms with van der Waals surface area (Å²) in [4.78, 5) is 6.65. The molecule has 0 aliphatic carbocycles. The van der Waals surface area contributed by atoms with E-state index in [0.29, 0.717) is 17.5 Å². The second-order valence-corrected chi connectivity index (χ2v) is 8.59. The molecule has 7 heteroatoms. The number of hydrogen-bond acceptors (Lipinski definition) is 4. The predicted octanol–water partition coefficient (Wildman–Crippen LogP) is 2.93. The Hall–Kier alpha value is -1.47. The summed E-state index contributed by atoms with van der Waals surface area (Å²) in [5.74, 6) is 0.364. The summed E-state index contributed by atoms with van der Waals surface area (Å²) in [7, 11) is -3.50. The highest BCUT2D eigenvalue weighted by Crippen LogP contribution is 2.20. The van der Waals surface area contributed by atoms with Crippen molar-refractivity contribution in [2.24, 2.45) is 5.92 Å². The molecule has 0 amide bonds. The average Bonchev–Trinajstić information content (AvgIpc) is 2.62. The smallest absolute Gasteiger partial charge is 0.240 e. The number of sulfonamides is 1. The van der Waals surface area contributed by atoms with Crippen LogP contribution in [0.5, 0.6) is 0 Å². The van der Waals surface area contributed by atoms with Crippen LogP contribution in [0, 0.1) is 5.92 Å². The number of nitrogens with one attached hydrogen (secondary N) is 1. The second kappa shape index (κ2) is 8.27. The van der Waals surface area contributed by atoms with Gasteiger partial charge in [-0.2, -0.15) is 0 Å². The maximum atomic E-state index is 12.3. The fourth-order valence-electron chi connectivity index (χ4n) is 3.04. The van der Waals surface area contributed by atoms with Crippen LogP contribution >= 0.6 is 11.6 Å². The van der Waals surface area contributed by atoms with Crippen LogP contribution in [-0.4, -0.2) is 37.9 Å². The zero-order valence-corrected chi connectivity index (χ0v) is 15.5. The van der Waals surface area contributed by atoms with E-state index < -0.39 is 10.0 Å². The molecule has 0 saturated carbocycles. The van der Waals surface area contributed by atoms with Gasteiger partial charge >= 0.3 is 0 Å². The lowest BCUT2D eigenvalue weighted by molar-refractivity contribution is 0.178. The lowest BCUT2D eigenvalue weighted by atomic mass is 9.97. The molecule has 1 aliphatic rings. The molecule has 1 aliphatic heterocycles. The van der Waals surface area contributed by atoms with E-state index >= 15 is 0 Å². The molecule has 0 spiro atoms. The van der Waals surface area contributed by atoms with E-state index in [1.165, 1.54) is 11.6 Å². The standard InChI is InChI=1S/C18H22ClN3O2S/c19-17-2-1-3-18(12-17)25(23,24)21-13-15-6-10-22(11-7-15)14-16-4-8-20-9-5-16/h1-5,8-9,12,15,21H,6-7,10-11,13-14H2. The van der Waals surface area contributed by atoms with Gasteiger partial charge in [0.15, 0.2) is 0 Å². The van der Waals surface area contributed by atoms with Gasteiger partial charge in [0.1, 0.15) is 0 Å². The zero-order valence-electron chi connectivity index (χ0n) is 13.9. The minimum Gasteiger partial charge on any atom is -0.299 e. The summed E-state index contributed by atoms with van der Waals surface area (Å²) < 4.78 is 27.4. The highest BCUT2D eigenvalue weighted by Gasteiger charge is 2.22. The van der Waals surface area contributed by atoms with Crippen molar-refractivity contribution >= 4 is 21.6 Å². The summed E-state index contributed by atoms with van der Waals surface area (Å²) in [6, 6.07) is 10.4. The van der Waals surface area contributed by atoms with Gasteiger partial charge in [0.25, 0.3) is 0 Å². The molecule has 1 saturated heterocycles. The highest BCUT2D eigenvalue weighted by molar-refractivity contribution is 7.89. The normalized spacial score (nSPS) is 16.8. The van der Waals surface area contributed by atoms with Crippen molar-refractivity contribution in [2.45, 2.75) is 24.3 Å². The molecule has 3 rings (SSSR count). The quantitative estimate of drug-likeness (QED) is 0.838. The first-order chi connectivity index (χ1) is 12.0. The Balaban J connectivity index is 1.48. The average molecular weight is 380 g/mol. The first-order valence-corrected chi connectivity index (χ1v) is 10.3. The number of pyridine rings is 1. The van der Waals surface area contributed by atoms with Gasteiger partial charge in [-0.3, -0.25) is 9.88 Å². The Morgan fingerprint density at radius 3 is 2.56 bits per heavy atom. The van der Waals surface area contributed by atoms with Crippen molar-refractivity contribution in [3.05, 3.63) is 59.4 Å². The molecule has 134 valence electrons. The molecule has 0 radical (unpaired) electrons. The van der Waals surface area contributed by atoms with Crippen molar-refractivity contribution in [3.8, 4) is 0 Å². The van der Waals surface area contributed by atoms with E-state index in [4.69, 9.17) is 11.6 Å². The van der Waals surface area contributed by atoms with Crippen molar-refractivity contribution in [3.63, 3.8) is 0 Å². The number of aromatic nitrogens is 1. The third kappa shape index (κ3) is 5.25. The van der Waals surface area contributed by atoms with Crippen molar-refractivity contribution in [2.75, 3.05) is 19.6 Å². The molecule has 1 N–H and O–H groups in total.